The quantitative estimate of drug-likeness (QED) is 0.184. The highest BCUT2D eigenvalue weighted by molar-refractivity contribution is 7.92. The van der Waals surface area contributed by atoms with Crippen molar-refractivity contribution in [3.8, 4) is 17.1 Å². The van der Waals surface area contributed by atoms with E-state index in [-0.39, 0.29) is 23.3 Å². The number of imidazole rings is 1. The molecule has 0 saturated heterocycles. The van der Waals surface area contributed by atoms with Gasteiger partial charge in [0.25, 0.3) is 21.5 Å². The third-order valence-electron chi connectivity index (χ3n) is 8.05. The molecule has 1 atom stereocenters. The summed E-state index contributed by atoms with van der Waals surface area (Å²) in [6.07, 6.45) is 4.82. The number of aromatic nitrogens is 7. The van der Waals surface area contributed by atoms with Gasteiger partial charge in [0.15, 0.2) is 22.0 Å². The van der Waals surface area contributed by atoms with Crippen LogP contribution in [0.4, 0.5) is 14.5 Å². The second-order valence-electron chi connectivity index (χ2n) is 12.3. The fraction of sp³-hybridized carbons (Fsp3) is 0.200. The van der Waals surface area contributed by atoms with Gasteiger partial charge >= 0.3 is 11.7 Å². The Morgan fingerprint density at radius 3 is 2.20 bits per heavy atom. The molecule has 0 aliphatic heterocycles. The number of hydrogen-bond acceptors (Lipinski definition) is 11. The summed E-state index contributed by atoms with van der Waals surface area (Å²) in [5.41, 5.74) is -1.37. The van der Waals surface area contributed by atoms with E-state index in [9.17, 15) is 27.6 Å². The lowest BCUT2D eigenvalue weighted by Gasteiger charge is -2.20. The number of esters is 1. The van der Waals surface area contributed by atoms with E-state index in [0.29, 0.717) is 29.1 Å². The molecule has 0 radical (unpaired) electrons. The summed E-state index contributed by atoms with van der Waals surface area (Å²) in [6.45, 7) is 3.15. The highest BCUT2D eigenvalue weighted by atomic mass is 32.2. The van der Waals surface area contributed by atoms with Gasteiger partial charge < -0.3 is 14.6 Å². The van der Waals surface area contributed by atoms with Gasteiger partial charge in [0.2, 0.25) is 0 Å². The number of aryl methyl sites for hydroxylation is 2. The molecule has 4 heterocycles. The number of fused-ring (bicyclic) bond motifs is 1. The van der Waals surface area contributed by atoms with Gasteiger partial charge in [0.1, 0.15) is 23.2 Å². The highest BCUT2D eigenvalue weighted by Gasteiger charge is 2.28. The summed E-state index contributed by atoms with van der Waals surface area (Å²) in [5, 5.41) is 1.84. The van der Waals surface area contributed by atoms with Crippen molar-refractivity contribution in [2.75, 3.05) is 4.72 Å². The van der Waals surface area contributed by atoms with Crippen LogP contribution in [0.5, 0.6) is 0 Å². The van der Waals surface area contributed by atoms with Gasteiger partial charge in [0.05, 0.1) is 23.8 Å². The van der Waals surface area contributed by atoms with E-state index < -0.39 is 73.2 Å². The molecule has 0 fully saturated rings. The number of sulfonamides is 1. The Morgan fingerprint density at radius 2 is 1.59 bits per heavy atom. The number of amides is 1. The maximum absolute atomic E-state index is 15.3. The molecule has 16 nitrogen and oxygen atoms in total. The average Bonchev–Trinajstić information content (AvgIpc) is 3.52. The second kappa shape index (κ2) is 14.8. The molecule has 1 amide bonds. The molecule has 278 valence electrons. The van der Waals surface area contributed by atoms with Crippen molar-refractivity contribution in [3.63, 3.8) is 0 Å². The number of halogens is 2. The lowest BCUT2D eigenvalue weighted by molar-refractivity contribution is -0.149. The van der Waals surface area contributed by atoms with Crippen molar-refractivity contribution in [1.29, 1.82) is 0 Å². The van der Waals surface area contributed by atoms with E-state index in [1.54, 1.807) is 27.0 Å². The minimum atomic E-state index is -4.43. The Balaban J connectivity index is 1.21. The molecule has 0 saturated carbocycles. The van der Waals surface area contributed by atoms with Crippen LogP contribution in [0, 0.1) is 11.6 Å². The van der Waals surface area contributed by atoms with Crippen LogP contribution in [-0.2, 0) is 40.1 Å². The average molecular weight is 760 g/mol. The molecule has 6 rings (SSSR count). The predicted octanol–water partition coefficient (Wildman–Crippen LogP) is 2.65. The third-order valence-corrected chi connectivity index (χ3v) is 9.35. The number of carbonyl (C=O) groups is 2. The lowest BCUT2D eigenvalue weighted by atomic mass is 10.0. The lowest BCUT2D eigenvalue weighted by Crippen LogP contribution is -2.44. The van der Waals surface area contributed by atoms with Gasteiger partial charge in [-0.05, 0) is 61.9 Å². The number of hydrogen-bond donors (Lipinski definition) is 2. The molecule has 4 aromatic heterocycles. The Hall–Kier alpha value is -6.63. The molecule has 0 aliphatic rings. The summed E-state index contributed by atoms with van der Waals surface area (Å²) in [4.78, 5) is 68.8. The molecule has 0 bridgehead atoms. The van der Waals surface area contributed by atoms with Gasteiger partial charge in [-0.15, -0.1) is 0 Å². The van der Waals surface area contributed by atoms with Gasteiger partial charge in [0, 0.05) is 44.7 Å². The smallest absolute Gasteiger partial charge is 0.337 e. The standard InChI is InChI=1S/C35H31F2N9O7S/c1-19(2)53-34(49)26(14-20-6-9-23(10-7-20)46-33(48)29-31(41-18-44(29)3)45(4)35(46)50)42-32(47)28-24(36)15-22(16-25(28)37)43-54(51,52)27-11-8-21(17-40-27)30-38-12-5-13-39-30/h5-13,15-19,26,43H,14H2,1-4H3,(H,42,47)/t26-/m0/s1. The van der Waals surface area contributed by atoms with Crippen LogP contribution in [-0.4, -0.2) is 66.1 Å². The van der Waals surface area contributed by atoms with Crippen molar-refractivity contribution in [3.05, 3.63) is 123 Å². The zero-order chi connectivity index (χ0) is 38.9. The number of rotatable bonds is 11. The first kappa shape index (κ1) is 37.1. The Labute approximate surface area is 305 Å². The summed E-state index contributed by atoms with van der Waals surface area (Å²) in [6, 6.07) is 9.90. The van der Waals surface area contributed by atoms with Crippen molar-refractivity contribution in [2.24, 2.45) is 14.1 Å². The van der Waals surface area contributed by atoms with Crippen LogP contribution in [0.15, 0.2) is 94.1 Å². The predicted molar refractivity (Wildman–Crippen MR) is 190 cm³/mol. The van der Waals surface area contributed by atoms with E-state index >= 15 is 8.78 Å². The first-order chi connectivity index (χ1) is 25.6. The fourth-order valence-corrected chi connectivity index (χ4v) is 6.47. The first-order valence-electron chi connectivity index (χ1n) is 16.1. The van der Waals surface area contributed by atoms with E-state index in [1.807, 2.05) is 4.72 Å². The van der Waals surface area contributed by atoms with Crippen LogP contribution < -0.4 is 21.3 Å². The number of anilines is 1. The van der Waals surface area contributed by atoms with Gasteiger partial charge in [-0.3, -0.25) is 18.9 Å². The SMILES string of the molecule is CC(C)OC(=O)[C@H](Cc1ccc(-n2c(=O)c3c(ncn3C)n(C)c2=O)cc1)NC(=O)c1c(F)cc(NS(=O)(=O)c2ccc(-c3ncccn3)cn2)cc1F. The normalized spacial score (nSPS) is 12.1. The third kappa shape index (κ3) is 7.47. The topological polar surface area (TPSA) is 202 Å². The van der Waals surface area contributed by atoms with Crippen molar-refractivity contribution >= 4 is 38.8 Å². The van der Waals surface area contributed by atoms with Crippen LogP contribution in [0.25, 0.3) is 28.2 Å². The van der Waals surface area contributed by atoms with Gasteiger partial charge in [-0.1, -0.05) is 12.1 Å². The summed E-state index contributed by atoms with van der Waals surface area (Å²) >= 11 is 0. The zero-order valence-corrected chi connectivity index (χ0v) is 29.8. The monoisotopic (exact) mass is 759 g/mol. The second-order valence-corrected chi connectivity index (χ2v) is 13.9. The van der Waals surface area contributed by atoms with Crippen molar-refractivity contribution in [2.45, 2.75) is 37.4 Å². The van der Waals surface area contributed by atoms with E-state index in [1.165, 1.54) is 71.4 Å². The zero-order valence-electron chi connectivity index (χ0n) is 29.0. The number of carbonyl (C=O) groups excluding carboxylic acids is 2. The molecule has 19 heteroatoms. The Bertz CT molecular complexity index is 2600. The first-order valence-corrected chi connectivity index (χ1v) is 17.6. The maximum atomic E-state index is 15.3. The molecule has 2 aromatic carbocycles. The van der Waals surface area contributed by atoms with E-state index in [4.69, 9.17) is 4.74 Å². The molecule has 54 heavy (non-hydrogen) atoms. The number of nitrogens with zero attached hydrogens (tertiary/aromatic N) is 7. The van der Waals surface area contributed by atoms with Crippen LogP contribution >= 0.6 is 0 Å². The molecular formula is C35H31F2N9O7S. The molecule has 6 aromatic rings. The van der Waals surface area contributed by atoms with Crippen molar-refractivity contribution < 1.29 is 31.5 Å². The summed E-state index contributed by atoms with van der Waals surface area (Å²) in [7, 11) is -1.33. The van der Waals surface area contributed by atoms with E-state index in [2.05, 4.69) is 25.3 Å². The molecular weight excluding hydrogens is 729 g/mol. The van der Waals surface area contributed by atoms with Crippen LogP contribution in [0.1, 0.15) is 29.8 Å². The minimum absolute atomic E-state index is 0.201. The van der Waals surface area contributed by atoms with Gasteiger partial charge in [-0.2, -0.15) is 8.42 Å². The molecule has 0 unspecified atom stereocenters. The summed E-state index contributed by atoms with van der Waals surface area (Å²) in [5.74, 6) is -4.77. The van der Waals surface area contributed by atoms with E-state index in [0.717, 1.165) is 10.6 Å². The molecule has 2 N–H and O–H groups in total. The largest absolute Gasteiger partial charge is 0.461 e. The Kier molecular flexibility index (Phi) is 10.2. The number of pyridine rings is 1. The number of benzene rings is 2. The van der Waals surface area contributed by atoms with Crippen LogP contribution in [0.3, 0.4) is 0 Å². The van der Waals surface area contributed by atoms with Gasteiger partial charge in [-0.25, -0.2) is 42.9 Å². The molecule has 0 aliphatic carbocycles. The number of ether oxygens (including phenoxy) is 1. The van der Waals surface area contributed by atoms with Crippen LogP contribution in [0.2, 0.25) is 0 Å². The maximum Gasteiger partial charge on any atom is 0.337 e. The van der Waals surface area contributed by atoms with Crippen molar-refractivity contribution in [1.82, 2.24) is 39.0 Å². The Morgan fingerprint density at radius 1 is 0.926 bits per heavy atom. The highest BCUT2D eigenvalue weighted by Crippen LogP contribution is 2.23. The minimum Gasteiger partial charge on any atom is -0.461 e. The fourth-order valence-electron chi connectivity index (χ4n) is 5.50. The number of nitrogens with one attached hydrogen (secondary N) is 2. The molecule has 0 spiro atoms. The summed E-state index contributed by atoms with van der Waals surface area (Å²) < 4.78 is 67.6.